The third-order valence-corrected chi connectivity index (χ3v) is 3.08. The molecule has 23 heavy (non-hydrogen) atoms. The molecule has 0 radical (unpaired) electrons. The van der Waals surface area contributed by atoms with E-state index in [-0.39, 0.29) is 5.56 Å². The highest BCUT2D eigenvalue weighted by molar-refractivity contribution is 6.04. The fourth-order valence-corrected chi connectivity index (χ4v) is 1.98. The van der Waals surface area contributed by atoms with Crippen molar-refractivity contribution >= 4 is 11.6 Å². The molecule has 116 valence electrons. The lowest BCUT2D eigenvalue weighted by Gasteiger charge is -2.06. The molecule has 0 unspecified atom stereocenters. The number of halogens is 2. The molecule has 1 heterocycles. The SMILES string of the molecule is Cc1noc(-c2cccc(NC(=O)c3ccc(F)c(F)c3)c2)n1. The van der Waals surface area contributed by atoms with Crippen LogP contribution in [-0.2, 0) is 0 Å². The van der Waals surface area contributed by atoms with Gasteiger partial charge in [-0.05, 0) is 43.3 Å². The van der Waals surface area contributed by atoms with Gasteiger partial charge in [-0.2, -0.15) is 4.98 Å². The molecule has 1 aromatic heterocycles. The Morgan fingerprint density at radius 3 is 2.65 bits per heavy atom. The van der Waals surface area contributed by atoms with Crippen LogP contribution in [0.4, 0.5) is 14.5 Å². The Labute approximate surface area is 130 Å². The second-order valence-corrected chi connectivity index (χ2v) is 4.81. The molecule has 0 fully saturated rings. The number of hydrogen-bond donors (Lipinski definition) is 1. The minimum absolute atomic E-state index is 0.0166. The van der Waals surface area contributed by atoms with E-state index in [0.29, 0.717) is 23.0 Å². The van der Waals surface area contributed by atoms with E-state index in [1.807, 2.05) is 0 Å². The molecule has 5 nitrogen and oxygen atoms in total. The normalized spacial score (nSPS) is 10.6. The molecule has 0 atom stereocenters. The summed E-state index contributed by atoms with van der Waals surface area (Å²) < 4.78 is 31.1. The zero-order valence-corrected chi connectivity index (χ0v) is 12.0. The summed E-state index contributed by atoms with van der Waals surface area (Å²) in [6.07, 6.45) is 0. The number of benzene rings is 2. The smallest absolute Gasteiger partial charge is 0.257 e. The maximum Gasteiger partial charge on any atom is 0.257 e. The second-order valence-electron chi connectivity index (χ2n) is 4.81. The van der Waals surface area contributed by atoms with Gasteiger partial charge >= 0.3 is 0 Å². The van der Waals surface area contributed by atoms with Crippen LogP contribution in [0.1, 0.15) is 16.2 Å². The van der Waals surface area contributed by atoms with Crippen molar-refractivity contribution in [1.29, 1.82) is 0 Å². The highest BCUT2D eigenvalue weighted by Crippen LogP contribution is 2.21. The third kappa shape index (κ3) is 3.23. The Morgan fingerprint density at radius 2 is 1.96 bits per heavy atom. The molecule has 0 spiro atoms. The maximum atomic E-state index is 13.2. The molecule has 3 rings (SSSR count). The highest BCUT2D eigenvalue weighted by Gasteiger charge is 2.11. The molecular weight excluding hydrogens is 304 g/mol. The largest absolute Gasteiger partial charge is 0.334 e. The van der Waals surface area contributed by atoms with Crippen molar-refractivity contribution in [1.82, 2.24) is 10.1 Å². The zero-order chi connectivity index (χ0) is 16.4. The topological polar surface area (TPSA) is 68.0 Å². The number of nitrogens with zero attached hydrogens (tertiary/aromatic N) is 2. The van der Waals surface area contributed by atoms with Crippen LogP contribution in [-0.4, -0.2) is 16.0 Å². The Morgan fingerprint density at radius 1 is 1.13 bits per heavy atom. The Hall–Kier alpha value is -3.09. The first kappa shape index (κ1) is 14.8. The molecule has 7 heteroatoms. The molecule has 0 aliphatic rings. The fraction of sp³-hybridized carbons (Fsp3) is 0.0625. The van der Waals surface area contributed by atoms with Crippen LogP contribution in [0.2, 0.25) is 0 Å². The summed E-state index contributed by atoms with van der Waals surface area (Å²) in [6.45, 7) is 1.70. The van der Waals surface area contributed by atoms with Gasteiger partial charge in [-0.1, -0.05) is 11.2 Å². The van der Waals surface area contributed by atoms with Gasteiger partial charge in [0.25, 0.3) is 11.8 Å². The summed E-state index contributed by atoms with van der Waals surface area (Å²) >= 11 is 0. The molecule has 1 N–H and O–H groups in total. The van der Waals surface area contributed by atoms with Crippen molar-refractivity contribution in [3.05, 3.63) is 65.5 Å². The number of aromatic nitrogens is 2. The van der Waals surface area contributed by atoms with Crippen molar-refractivity contribution in [3.63, 3.8) is 0 Å². The van der Waals surface area contributed by atoms with Gasteiger partial charge in [0, 0.05) is 16.8 Å². The van der Waals surface area contributed by atoms with E-state index in [0.717, 1.165) is 12.1 Å². The van der Waals surface area contributed by atoms with Crippen molar-refractivity contribution in [2.24, 2.45) is 0 Å². The quantitative estimate of drug-likeness (QED) is 0.802. The van der Waals surface area contributed by atoms with Gasteiger partial charge < -0.3 is 9.84 Å². The number of carbonyl (C=O) groups excluding carboxylic acids is 1. The van der Waals surface area contributed by atoms with Gasteiger partial charge in [-0.25, -0.2) is 8.78 Å². The predicted octanol–water partition coefficient (Wildman–Crippen LogP) is 3.58. The van der Waals surface area contributed by atoms with Gasteiger partial charge in [-0.15, -0.1) is 0 Å². The highest BCUT2D eigenvalue weighted by atomic mass is 19.2. The minimum atomic E-state index is -1.08. The first-order valence-corrected chi connectivity index (χ1v) is 6.70. The zero-order valence-electron chi connectivity index (χ0n) is 12.0. The van der Waals surface area contributed by atoms with E-state index in [9.17, 15) is 13.6 Å². The van der Waals surface area contributed by atoms with E-state index >= 15 is 0 Å². The van der Waals surface area contributed by atoms with Crippen LogP contribution in [0.15, 0.2) is 47.0 Å². The molecule has 0 saturated carbocycles. The lowest BCUT2D eigenvalue weighted by molar-refractivity contribution is 0.102. The molecule has 3 aromatic rings. The lowest BCUT2D eigenvalue weighted by atomic mass is 10.1. The van der Waals surface area contributed by atoms with Crippen LogP contribution >= 0.6 is 0 Å². The van der Waals surface area contributed by atoms with Gasteiger partial charge in [-0.3, -0.25) is 4.79 Å². The average Bonchev–Trinajstić information content (AvgIpc) is 2.97. The molecular formula is C16H11F2N3O2. The lowest BCUT2D eigenvalue weighted by Crippen LogP contribution is -2.12. The van der Waals surface area contributed by atoms with Gasteiger partial charge in [0.05, 0.1) is 0 Å². The molecule has 1 amide bonds. The number of hydrogen-bond acceptors (Lipinski definition) is 4. The number of rotatable bonds is 3. The maximum absolute atomic E-state index is 13.2. The van der Waals surface area contributed by atoms with E-state index in [4.69, 9.17) is 4.52 Å². The summed E-state index contributed by atoms with van der Waals surface area (Å²) in [5.74, 6) is -1.81. The molecule has 0 aliphatic heterocycles. The standard InChI is InChI=1S/C16H11F2N3O2/c1-9-19-16(23-21-9)11-3-2-4-12(7-11)20-15(22)10-5-6-13(17)14(18)8-10/h2-8H,1H3,(H,20,22). The Kier molecular flexibility index (Phi) is 3.84. The van der Waals surface area contributed by atoms with Crippen molar-refractivity contribution in [2.45, 2.75) is 6.92 Å². The number of aryl methyl sites for hydroxylation is 1. The summed E-state index contributed by atoms with van der Waals surface area (Å²) in [5.41, 5.74) is 1.12. The number of anilines is 1. The van der Waals surface area contributed by atoms with Crippen LogP contribution in [0.25, 0.3) is 11.5 Å². The Bertz CT molecular complexity index is 877. The van der Waals surface area contributed by atoms with E-state index < -0.39 is 17.5 Å². The first-order valence-electron chi connectivity index (χ1n) is 6.70. The number of amides is 1. The average molecular weight is 315 g/mol. The van der Waals surface area contributed by atoms with Crippen LogP contribution in [0.3, 0.4) is 0 Å². The van der Waals surface area contributed by atoms with Gasteiger partial charge in [0.15, 0.2) is 17.5 Å². The van der Waals surface area contributed by atoms with E-state index in [1.165, 1.54) is 6.07 Å². The van der Waals surface area contributed by atoms with Gasteiger partial charge in [0.2, 0.25) is 0 Å². The van der Waals surface area contributed by atoms with Crippen LogP contribution < -0.4 is 5.32 Å². The predicted molar refractivity (Wildman–Crippen MR) is 78.8 cm³/mol. The first-order chi connectivity index (χ1) is 11.0. The summed E-state index contributed by atoms with van der Waals surface area (Å²) in [6, 6.07) is 9.71. The summed E-state index contributed by atoms with van der Waals surface area (Å²) in [5, 5.41) is 6.30. The third-order valence-electron chi connectivity index (χ3n) is 3.08. The molecule has 0 bridgehead atoms. The van der Waals surface area contributed by atoms with Crippen molar-refractivity contribution < 1.29 is 18.1 Å². The molecule has 2 aromatic carbocycles. The van der Waals surface area contributed by atoms with Crippen molar-refractivity contribution in [3.8, 4) is 11.5 Å². The monoisotopic (exact) mass is 315 g/mol. The minimum Gasteiger partial charge on any atom is -0.334 e. The summed E-state index contributed by atoms with van der Waals surface area (Å²) in [4.78, 5) is 16.2. The number of carbonyl (C=O) groups is 1. The second kappa shape index (κ2) is 5.96. The van der Waals surface area contributed by atoms with Crippen LogP contribution in [0, 0.1) is 18.6 Å². The van der Waals surface area contributed by atoms with E-state index in [1.54, 1.807) is 31.2 Å². The number of nitrogens with one attached hydrogen (secondary N) is 1. The van der Waals surface area contributed by atoms with Crippen molar-refractivity contribution in [2.75, 3.05) is 5.32 Å². The molecule has 0 aliphatic carbocycles. The summed E-state index contributed by atoms with van der Waals surface area (Å²) in [7, 11) is 0. The fourth-order valence-electron chi connectivity index (χ4n) is 1.98. The van der Waals surface area contributed by atoms with Gasteiger partial charge in [0.1, 0.15) is 0 Å². The van der Waals surface area contributed by atoms with E-state index in [2.05, 4.69) is 15.5 Å². The Balaban J connectivity index is 1.82. The van der Waals surface area contributed by atoms with Crippen LogP contribution in [0.5, 0.6) is 0 Å². The molecule has 0 saturated heterocycles.